The molecule has 4 aliphatic rings. The molecule has 0 spiro atoms. The Labute approximate surface area is 123 Å². The molecule has 4 bridgehead atoms. The molecule has 1 nitrogen and oxygen atoms in total. The van der Waals surface area contributed by atoms with Gasteiger partial charge in [-0.05, 0) is 56.3 Å². The van der Waals surface area contributed by atoms with Crippen molar-refractivity contribution in [2.45, 2.75) is 44.1 Å². The van der Waals surface area contributed by atoms with Crippen molar-refractivity contribution in [2.75, 3.05) is 0 Å². The minimum atomic E-state index is -0.200. The molecule has 0 atom stereocenters. The maximum atomic E-state index is 10.1. The van der Waals surface area contributed by atoms with E-state index in [1.54, 1.807) is 0 Å². The molecule has 0 aromatic carbocycles. The van der Waals surface area contributed by atoms with Crippen molar-refractivity contribution >= 4 is 0 Å². The van der Waals surface area contributed by atoms with Gasteiger partial charge in [-0.25, -0.2) is 0 Å². The summed E-state index contributed by atoms with van der Waals surface area (Å²) >= 11 is 0. The van der Waals surface area contributed by atoms with Crippen LogP contribution in [-0.2, 0) is 18.6 Å². The van der Waals surface area contributed by atoms with Crippen molar-refractivity contribution in [3.8, 4) is 0 Å². The first-order chi connectivity index (χ1) is 5.23. The van der Waals surface area contributed by atoms with Gasteiger partial charge in [0.15, 0.2) is 0 Å². The second-order valence-corrected chi connectivity index (χ2v) is 5.14. The fourth-order valence-corrected chi connectivity index (χ4v) is 4.06. The first kappa shape index (κ1) is 18.8. The fourth-order valence-electron chi connectivity index (χ4n) is 4.06. The number of hydrogen-bond acceptors (Lipinski definition) is 0. The van der Waals surface area contributed by atoms with E-state index in [4.69, 9.17) is 0 Å². The Morgan fingerprint density at radius 3 is 1.20 bits per heavy atom. The van der Waals surface area contributed by atoms with E-state index in [2.05, 4.69) is 0 Å². The number of halogens is 3. The number of nitrogens with zero attached hydrogens (tertiary/aromatic N) is 1. The summed E-state index contributed by atoms with van der Waals surface area (Å²) in [6.45, 7) is 0. The Morgan fingerprint density at radius 2 is 1.00 bits per heavy atom. The van der Waals surface area contributed by atoms with E-state index in [9.17, 15) is 5.73 Å². The standard InChI is InChI=1S/C10H15N.3ClH.V/c11-10-4-7-1-8(5-10)3-9(2-7)6-10;;;;/h7-9H,1-6H2;3*1H;/p-3. The van der Waals surface area contributed by atoms with E-state index in [1.165, 1.54) is 19.3 Å². The molecule has 0 saturated heterocycles. The smallest absolute Gasteiger partial charge is 0.0551 e. The van der Waals surface area contributed by atoms with E-state index in [-0.39, 0.29) is 61.3 Å². The minimum Gasteiger partial charge on any atom is -1.00 e. The van der Waals surface area contributed by atoms with Gasteiger partial charge in [-0.15, -0.1) is 5.73 Å². The predicted octanol–water partition coefficient (Wildman–Crippen LogP) is -6.97. The molecule has 0 aliphatic heterocycles. The first-order valence-electron chi connectivity index (χ1n) is 4.96. The summed E-state index contributed by atoms with van der Waals surface area (Å²) in [5, 5.41) is 0. The van der Waals surface area contributed by atoms with Crippen LogP contribution in [0.1, 0.15) is 38.5 Å². The van der Waals surface area contributed by atoms with Crippen LogP contribution < -0.4 is 43.0 Å². The Hall–Kier alpha value is 1.41. The average Bonchev–Trinajstić information content (AvgIpc) is 1.79. The zero-order chi connectivity index (χ0) is 7.47. The Morgan fingerprint density at radius 1 is 0.733 bits per heavy atom. The molecule has 0 aromatic heterocycles. The molecule has 4 aliphatic carbocycles. The van der Waals surface area contributed by atoms with Crippen LogP contribution in [0.15, 0.2) is 0 Å². The van der Waals surface area contributed by atoms with Crippen LogP contribution in [0.2, 0.25) is 0 Å². The van der Waals surface area contributed by atoms with Gasteiger partial charge in [0.1, 0.15) is 0 Å². The van der Waals surface area contributed by atoms with Gasteiger partial charge in [0.05, 0.1) is 5.54 Å². The van der Waals surface area contributed by atoms with Gasteiger partial charge in [-0.2, -0.15) is 0 Å². The van der Waals surface area contributed by atoms with E-state index in [0.29, 0.717) is 0 Å². The summed E-state index contributed by atoms with van der Waals surface area (Å²) in [7, 11) is 0. The average molecular weight is 307 g/mol. The van der Waals surface area contributed by atoms with Gasteiger partial charge in [0.25, 0.3) is 0 Å². The van der Waals surface area contributed by atoms with E-state index >= 15 is 0 Å². The van der Waals surface area contributed by atoms with Crippen LogP contribution in [0.5, 0.6) is 0 Å². The maximum absolute atomic E-state index is 10.1. The molecule has 4 saturated carbocycles. The Balaban J connectivity index is 0. The molecule has 0 unspecified atom stereocenters. The van der Waals surface area contributed by atoms with Crippen molar-refractivity contribution in [3.63, 3.8) is 0 Å². The van der Waals surface area contributed by atoms with Crippen molar-refractivity contribution in [1.29, 1.82) is 0 Å². The van der Waals surface area contributed by atoms with E-state index < -0.39 is 0 Å². The van der Waals surface area contributed by atoms with Crippen LogP contribution in [0.4, 0.5) is 0 Å². The quantitative estimate of drug-likeness (QED) is 0.425. The van der Waals surface area contributed by atoms with Crippen LogP contribution in [-0.4, -0.2) is 5.54 Å². The number of rotatable bonds is 0. The molecule has 4 rings (SSSR count). The van der Waals surface area contributed by atoms with Gasteiger partial charge in [0.2, 0.25) is 0 Å². The van der Waals surface area contributed by atoms with Gasteiger partial charge in [-0.3, -0.25) is 0 Å². The monoisotopic (exact) mass is 305 g/mol. The zero-order valence-electron chi connectivity index (χ0n) is 8.50. The van der Waals surface area contributed by atoms with Gasteiger partial charge in [-0.1, -0.05) is 0 Å². The molecule has 0 aromatic rings. The summed E-state index contributed by atoms with van der Waals surface area (Å²) in [5.74, 6) is 2.68. The third-order valence-electron chi connectivity index (χ3n) is 4.01. The third kappa shape index (κ3) is 3.44. The van der Waals surface area contributed by atoms with E-state index in [1.807, 2.05) is 0 Å². The summed E-state index contributed by atoms with van der Waals surface area (Å²) in [6, 6.07) is 0. The molecular weight excluding hydrogens is 291 g/mol. The Bertz CT molecular complexity index is 166. The van der Waals surface area contributed by atoms with Gasteiger partial charge in [0, 0.05) is 18.6 Å². The Kier molecular flexibility index (Phi) is 7.98. The molecule has 0 heterocycles. The van der Waals surface area contributed by atoms with Crippen molar-refractivity contribution in [3.05, 3.63) is 0 Å². The normalized spacial score (nSPS) is 44.2. The molecule has 3 radical (unpaired) electrons. The second kappa shape index (κ2) is 6.37. The maximum Gasteiger partial charge on any atom is 0.0551 e. The van der Waals surface area contributed by atoms with Crippen molar-refractivity contribution in [2.24, 2.45) is 17.8 Å². The molecule has 0 N–H and O–H groups in total. The summed E-state index contributed by atoms with van der Waals surface area (Å²) < 4.78 is 0. The topological polar surface area (TPSA) is 22.3 Å². The molecule has 5 heteroatoms. The SMILES string of the molecule is [Cl-].[Cl-].[Cl-].[N]C12CC3CC(CC(C3)C1)C2.[V]. The second-order valence-electron chi connectivity index (χ2n) is 5.14. The van der Waals surface area contributed by atoms with Gasteiger partial charge < -0.3 is 37.2 Å². The van der Waals surface area contributed by atoms with E-state index in [0.717, 1.165) is 37.0 Å². The predicted molar refractivity (Wildman–Crippen MR) is 43.0 cm³/mol. The van der Waals surface area contributed by atoms with Crippen LogP contribution in [0.3, 0.4) is 0 Å². The third-order valence-corrected chi connectivity index (χ3v) is 4.01. The summed E-state index contributed by atoms with van der Waals surface area (Å²) in [5.41, 5.74) is 9.90. The molecule has 4 fully saturated rings. The largest absolute Gasteiger partial charge is 1.00 e. The first-order valence-corrected chi connectivity index (χ1v) is 4.96. The van der Waals surface area contributed by atoms with Crippen LogP contribution in [0.25, 0.3) is 0 Å². The van der Waals surface area contributed by atoms with Crippen LogP contribution >= 0.6 is 0 Å². The van der Waals surface area contributed by atoms with Gasteiger partial charge >= 0.3 is 0 Å². The fraction of sp³-hybridized carbons (Fsp3) is 1.00. The van der Waals surface area contributed by atoms with Crippen molar-refractivity contribution in [1.82, 2.24) is 5.73 Å². The molecule has 15 heavy (non-hydrogen) atoms. The molecule has 89 valence electrons. The minimum absolute atomic E-state index is 0. The summed E-state index contributed by atoms with van der Waals surface area (Å²) in [4.78, 5) is 0. The molecule has 0 amide bonds. The van der Waals surface area contributed by atoms with Crippen LogP contribution in [0, 0.1) is 17.8 Å². The summed E-state index contributed by atoms with van der Waals surface area (Å²) in [6.07, 6.45) is 7.66. The number of hydrogen-bond donors (Lipinski definition) is 0. The molecular formula is C10H15Cl3NV-3. The van der Waals surface area contributed by atoms with Crippen molar-refractivity contribution < 1.29 is 55.8 Å². The zero-order valence-corrected chi connectivity index (χ0v) is 12.2.